The third-order valence-electron chi connectivity index (χ3n) is 3.80. The monoisotopic (exact) mass is 300 g/mol. The van der Waals surface area contributed by atoms with Gasteiger partial charge in [-0.15, -0.1) is 10.2 Å². The van der Waals surface area contributed by atoms with E-state index in [1.54, 1.807) is 0 Å². The van der Waals surface area contributed by atoms with Crippen molar-refractivity contribution in [3.63, 3.8) is 0 Å². The molecular weight excluding hydrogens is 280 g/mol. The molecule has 3 atom stereocenters. The Hall–Kier alpha value is -0.820. The molecule has 0 unspecified atom stereocenters. The van der Waals surface area contributed by atoms with Crippen molar-refractivity contribution in [2.24, 2.45) is 11.8 Å². The van der Waals surface area contributed by atoms with Gasteiger partial charge in [0, 0.05) is 6.04 Å². The molecule has 0 aliphatic heterocycles. The molecule has 1 aliphatic carbocycles. The van der Waals surface area contributed by atoms with Crippen molar-refractivity contribution in [2.45, 2.75) is 43.5 Å². The van der Waals surface area contributed by atoms with Crippen LogP contribution < -0.4 is 11.1 Å². The topological polar surface area (TPSA) is 80.9 Å². The number of hydrogen-bond acceptors (Lipinski definition) is 6. The zero-order valence-electron chi connectivity index (χ0n) is 11.3. The van der Waals surface area contributed by atoms with Gasteiger partial charge in [0.05, 0.1) is 5.75 Å². The fourth-order valence-electron chi connectivity index (χ4n) is 2.44. The Morgan fingerprint density at radius 3 is 2.95 bits per heavy atom. The van der Waals surface area contributed by atoms with Crippen LogP contribution in [-0.2, 0) is 4.79 Å². The molecule has 1 aromatic rings. The molecule has 1 heterocycles. The van der Waals surface area contributed by atoms with Crippen LogP contribution in [0, 0.1) is 11.8 Å². The van der Waals surface area contributed by atoms with Gasteiger partial charge in [-0.3, -0.25) is 4.79 Å². The Balaban J connectivity index is 1.77. The van der Waals surface area contributed by atoms with Gasteiger partial charge in [0.15, 0.2) is 4.34 Å². The van der Waals surface area contributed by atoms with Gasteiger partial charge in [-0.2, -0.15) is 0 Å². The molecule has 1 fully saturated rings. The summed E-state index contributed by atoms with van der Waals surface area (Å²) in [7, 11) is 0. The van der Waals surface area contributed by atoms with Gasteiger partial charge in [0.1, 0.15) is 0 Å². The highest BCUT2D eigenvalue weighted by Gasteiger charge is 2.28. The molecule has 19 heavy (non-hydrogen) atoms. The van der Waals surface area contributed by atoms with E-state index in [2.05, 4.69) is 29.4 Å². The first-order valence-corrected chi connectivity index (χ1v) is 8.37. The average molecular weight is 300 g/mol. The lowest BCUT2D eigenvalue weighted by atomic mass is 9.78. The van der Waals surface area contributed by atoms with E-state index in [9.17, 15) is 4.79 Å². The van der Waals surface area contributed by atoms with Gasteiger partial charge in [0.25, 0.3) is 0 Å². The normalized spacial score (nSPS) is 27.2. The zero-order chi connectivity index (χ0) is 13.8. The number of carbonyl (C=O) groups is 1. The molecule has 0 radical (unpaired) electrons. The highest BCUT2D eigenvalue weighted by molar-refractivity contribution is 8.01. The maximum atomic E-state index is 11.9. The molecule has 1 saturated carbocycles. The highest BCUT2D eigenvalue weighted by Crippen LogP contribution is 2.29. The van der Waals surface area contributed by atoms with Crippen LogP contribution in [0.25, 0.3) is 0 Å². The van der Waals surface area contributed by atoms with E-state index in [0.717, 1.165) is 10.8 Å². The van der Waals surface area contributed by atoms with Crippen molar-refractivity contribution in [2.75, 3.05) is 11.5 Å². The number of rotatable bonds is 4. The largest absolute Gasteiger partial charge is 0.374 e. The van der Waals surface area contributed by atoms with Gasteiger partial charge in [-0.05, 0) is 18.3 Å². The molecule has 0 spiro atoms. The first-order chi connectivity index (χ1) is 9.06. The summed E-state index contributed by atoms with van der Waals surface area (Å²) in [5, 5.41) is 11.2. The second-order valence-corrected chi connectivity index (χ2v) is 7.37. The lowest BCUT2D eigenvalue weighted by Gasteiger charge is -2.34. The molecule has 106 valence electrons. The van der Waals surface area contributed by atoms with E-state index in [1.807, 2.05) is 0 Å². The molecule has 1 aromatic heterocycles. The predicted molar refractivity (Wildman–Crippen MR) is 79.2 cm³/mol. The van der Waals surface area contributed by atoms with Crippen LogP contribution in [0.4, 0.5) is 5.13 Å². The molecule has 1 amide bonds. The number of nitrogens with two attached hydrogens (primary N) is 1. The second kappa shape index (κ2) is 6.56. The smallest absolute Gasteiger partial charge is 0.230 e. The number of nitrogens with zero attached hydrogens (tertiary/aromatic N) is 2. The number of nitrogen functional groups attached to an aromatic ring is 1. The van der Waals surface area contributed by atoms with Crippen molar-refractivity contribution < 1.29 is 4.79 Å². The number of thioether (sulfide) groups is 1. The summed E-state index contributed by atoms with van der Waals surface area (Å²) in [5.41, 5.74) is 5.50. The van der Waals surface area contributed by atoms with E-state index < -0.39 is 0 Å². The van der Waals surface area contributed by atoms with Crippen LogP contribution in [0.5, 0.6) is 0 Å². The molecule has 0 aromatic carbocycles. The quantitative estimate of drug-likeness (QED) is 0.833. The van der Waals surface area contributed by atoms with E-state index in [0.29, 0.717) is 28.8 Å². The minimum atomic E-state index is 0.0738. The minimum Gasteiger partial charge on any atom is -0.374 e. The van der Waals surface area contributed by atoms with E-state index in [4.69, 9.17) is 5.73 Å². The Bertz CT molecular complexity index is 437. The number of aromatic nitrogens is 2. The Kier molecular flexibility index (Phi) is 5.04. The van der Waals surface area contributed by atoms with Crippen molar-refractivity contribution >= 4 is 34.1 Å². The van der Waals surface area contributed by atoms with Gasteiger partial charge < -0.3 is 11.1 Å². The Morgan fingerprint density at radius 2 is 2.26 bits per heavy atom. The zero-order valence-corrected chi connectivity index (χ0v) is 12.9. The Labute approximate surface area is 121 Å². The van der Waals surface area contributed by atoms with Crippen molar-refractivity contribution in [1.82, 2.24) is 15.5 Å². The Morgan fingerprint density at radius 1 is 1.47 bits per heavy atom. The van der Waals surface area contributed by atoms with Crippen LogP contribution in [0.3, 0.4) is 0 Å². The van der Waals surface area contributed by atoms with Crippen LogP contribution in [-0.4, -0.2) is 27.9 Å². The predicted octanol–water partition coefficient (Wildman–Crippen LogP) is 2.15. The maximum Gasteiger partial charge on any atom is 0.230 e. The summed E-state index contributed by atoms with van der Waals surface area (Å²) in [4.78, 5) is 11.9. The molecule has 0 saturated heterocycles. The van der Waals surface area contributed by atoms with Crippen LogP contribution >= 0.6 is 23.1 Å². The van der Waals surface area contributed by atoms with Crippen molar-refractivity contribution in [1.29, 1.82) is 0 Å². The van der Waals surface area contributed by atoms with Gasteiger partial charge in [0.2, 0.25) is 11.0 Å². The molecule has 3 N–H and O–H groups in total. The molecular formula is C12H20N4OS2. The highest BCUT2D eigenvalue weighted by atomic mass is 32.2. The van der Waals surface area contributed by atoms with E-state index in [-0.39, 0.29) is 5.91 Å². The van der Waals surface area contributed by atoms with E-state index in [1.165, 1.54) is 35.9 Å². The van der Waals surface area contributed by atoms with Crippen molar-refractivity contribution in [3.05, 3.63) is 0 Å². The number of amides is 1. The number of carbonyl (C=O) groups excluding carboxylic acids is 1. The van der Waals surface area contributed by atoms with Gasteiger partial charge in [-0.1, -0.05) is 49.8 Å². The first-order valence-electron chi connectivity index (χ1n) is 6.57. The van der Waals surface area contributed by atoms with Crippen molar-refractivity contribution in [3.8, 4) is 0 Å². The average Bonchev–Trinajstić information content (AvgIpc) is 2.78. The third-order valence-corrected chi connectivity index (χ3v) is 5.69. The van der Waals surface area contributed by atoms with E-state index >= 15 is 0 Å². The maximum absolute atomic E-state index is 11.9. The van der Waals surface area contributed by atoms with Crippen LogP contribution in [0.1, 0.15) is 33.1 Å². The minimum absolute atomic E-state index is 0.0738. The first kappa shape index (κ1) is 14.6. The van der Waals surface area contributed by atoms with Crippen LogP contribution in [0.15, 0.2) is 4.34 Å². The third kappa shape index (κ3) is 4.07. The summed E-state index contributed by atoms with van der Waals surface area (Å²) in [6, 6.07) is 0.316. The number of anilines is 1. The standard InChI is InChI=1S/C12H20N4OS2/c1-7-4-3-5-9(8(7)2)14-10(17)6-18-12-16-15-11(13)19-12/h7-9H,3-6H2,1-2H3,(H2,13,15)(H,14,17)/t7-,8+,9+/m1/s1. The molecule has 1 aliphatic rings. The lowest BCUT2D eigenvalue weighted by Crippen LogP contribution is -2.44. The summed E-state index contributed by atoms with van der Waals surface area (Å²) >= 11 is 2.71. The second-order valence-electron chi connectivity index (χ2n) is 5.14. The molecule has 5 nitrogen and oxygen atoms in total. The summed E-state index contributed by atoms with van der Waals surface area (Å²) in [6.07, 6.45) is 3.57. The fourth-order valence-corrected chi connectivity index (χ4v) is 3.89. The summed E-state index contributed by atoms with van der Waals surface area (Å²) in [6.45, 7) is 4.50. The molecule has 0 bridgehead atoms. The lowest BCUT2D eigenvalue weighted by molar-refractivity contribution is -0.119. The summed E-state index contributed by atoms with van der Waals surface area (Å²) < 4.78 is 0.748. The summed E-state index contributed by atoms with van der Waals surface area (Å²) in [5.74, 6) is 1.70. The van der Waals surface area contributed by atoms with Gasteiger partial charge >= 0.3 is 0 Å². The fraction of sp³-hybridized carbons (Fsp3) is 0.750. The molecule has 7 heteroatoms. The SMILES string of the molecule is C[C@H]1[C@H](C)CCC[C@@H]1NC(=O)CSc1nnc(N)s1. The number of nitrogens with one attached hydrogen (secondary N) is 1. The van der Waals surface area contributed by atoms with Gasteiger partial charge in [-0.25, -0.2) is 0 Å². The molecule has 2 rings (SSSR count). The van der Waals surface area contributed by atoms with Crippen LogP contribution in [0.2, 0.25) is 0 Å². The number of hydrogen-bond donors (Lipinski definition) is 2.